The minimum atomic E-state index is 0.893. The third-order valence-corrected chi connectivity index (χ3v) is 5.87. The summed E-state index contributed by atoms with van der Waals surface area (Å²) in [5, 5.41) is 3.57. The Bertz CT molecular complexity index is 721. The highest BCUT2D eigenvalue weighted by molar-refractivity contribution is 5.80. The Morgan fingerprint density at radius 1 is 1.20 bits per heavy atom. The normalized spacial score (nSPS) is 23.9. The molecule has 1 saturated heterocycles. The smallest absolute Gasteiger partial charge is 0.193 e. The number of aryl methyl sites for hydroxylation is 1. The quantitative estimate of drug-likeness (QED) is 0.529. The predicted molar refractivity (Wildman–Crippen MR) is 103 cm³/mol. The van der Waals surface area contributed by atoms with Crippen molar-refractivity contribution < 1.29 is 0 Å². The van der Waals surface area contributed by atoms with Crippen LogP contribution in [0.3, 0.4) is 0 Å². The van der Waals surface area contributed by atoms with Crippen molar-refractivity contribution in [3.05, 3.63) is 30.6 Å². The lowest BCUT2D eigenvalue weighted by Gasteiger charge is -2.22. The van der Waals surface area contributed by atoms with Crippen LogP contribution in [-0.2, 0) is 6.54 Å². The number of benzene rings is 1. The molecule has 2 aromatic rings. The van der Waals surface area contributed by atoms with Crippen molar-refractivity contribution in [1.82, 2.24) is 19.8 Å². The summed E-state index contributed by atoms with van der Waals surface area (Å²) in [6.07, 6.45) is 8.67. The Balaban J connectivity index is 1.27. The molecule has 1 N–H and O–H groups in total. The van der Waals surface area contributed by atoms with Crippen LogP contribution in [0.2, 0.25) is 0 Å². The van der Waals surface area contributed by atoms with Crippen LogP contribution in [0.15, 0.2) is 35.6 Å². The van der Waals surface area contributed by atoms with Crippen LogP contribution in [0, 0.1) is 11.8 Å². The summed E-state index contributed by atoms with van der Waals surface area (Å²) in [6.45, 7) is 4.31. The van der Waals surface area contributed by atoms with Crippen molar-refractivity contribution in [2.75, 3.05) is 26.7 Å². The molecule has 1 aliphatic carbocycles. The van der Waals surface area contributed by atoms with Gasteiger partial charge >= 0.3 is 0 Å². The molecule has 1 aliphatic heterocycles. The molecule has 1 aromatic heterocycles. The van der Waals surface area contributed by atoms with Gasteiger partial charge in [-0.1, -0.05) is 25.0 Å². The van der Waals surface area contributed by atoms with Gasteiger partial charge in [-0.05, 0) is 43.2 Å². The lowest BCUT2D eigenvalue weighted by molar-refractivity contribution is 0.299. The molecule has 4 rings (SSSR count). The number of guanidine groups is 1. The van der Waals surface area contributed by atoms with Crippen molar-refractivity contribution in [1.29, 1.82) is 0 Å². The van der Waals surface area contributed by atoms with E-state index < -0.39 is 0 Å². The maximum atomic E-state index is 4.52. The third-order valence-electron chi connectivity index (χ3n) is 5.87. The second-order valence-electron chi connectivity index (χ2n) is 7.46. The van der Waals surface area contributed by atoms with Gasteiger partial charge in [0.25, 0.3) is 0 Å². The highest BCUT2D eigenvalue weighted by Gasteiger charge is 2.35. The first-order valence-electron chi connectivity index (χ1n) is 9.70. The number of aromatic nitrogens is 2. The summed E-state index contributed by atoms with van der Waals surface area (Å²) < 4.78 is 2.24. The topological polar surface area (TPSA) is 45.5 Å². The molecule has 0 spiro atoms. The van der Waals surface area contributed by atoms with Crippen LogP contribution in [0.1, 0.15) is 32.1 Å². The molecule has 25 heavy (non-hydrogen) atoms. The van der Waals surface area contributed by atoms with Crippen LogP contribution in [0.5, 0.6) is 0 Å². The van der Waals surface area contributed by atoms with Gasteiger partial charge in [-0.2, -0.15) is 0 Å². The van der Waals surface area contributed by atoms with E-state index in [4.69, 9.17) is 0 Å². The molecule has 1 aromatic carbocycles. The molecule has 5 nitrogen and oxygen atoms in total. The van der Waals surface area contributed by atoms with E-state index in [0.29, 0.717) is 0 Å². The fourth-order valence-corrected chi connectivity index (χ4v) is 4.55. The van der Waals surface area contributed by atoms with Gasteiger partial charge < -0.3 is 14.8 Å². The molecule has 2 aliphatic rings. The van der Waals surface area contributed by atoms with Gasteiger partial charge in [-0.3, -0.25) is 4.99 Å². The van der Waals surface area contributed by atoms with E-state index in [9.17, 15) is 0 Å². The van der Waals surface area contributed by atoms with Crippen LogP contribution in [-0.4, -0.2) is 47.1 Å². The first kappa shape index (κ1) is 16.4. The molecule has 2 heterocycles. The zero-order valence-corrected chi connectivity index (χ0v) is 15.2. The molecular weight excluding hydrogens is 310 g/mol. The van der Waals surface area contributed by atoms with E-state index in [1.807, 2.05) is 19.4 Å². The van der Waals surface area contributed by atoms with Crippen LogP contribution in [0.4, 0.5) is 0 Å². The highest BCUT2D eigenvalue weighted by atomic mass is 15.3. The number of imidazole rings is 1. The van der Waals surface area contributed by atoms with Crippen molar-refractivity contribution in [3.63, 3.8) is 0 Å². The number of nitrogens with one attached hydrogen (secondary N) is 1. The summed E-state index contributed by atoms with van der Waals surface area (Å²) in [5.41, 5.74) is 2.29. The maximum absolute atomic E-state index is 4.52. The molecule has 1 saturated carbocycles. The fraction of sp³-hybridized carbons (Fsp3) is 0.600. The van der Waals surface area contributed by atoms with E-state index in [1.165, 1.54) is 44.3 Å². The average molecular weight is 339 g/mol. The Hall–Kier alpha value is -2.04. The third kappa shape index (κ3) is 3.51. The Labute approximate surface area is 150 Å². The largest absolute Gasteiger partial charge is 0.356 e. The van der Waals surface area contributed by atoms with Crippen molar-refractivity contribution >= 4 is 17.0 Å². The van der Waals surface area contributed by atoms with Gasteiger partial charge in [0, 0.05) is 33.2 Å². The molecule has 0 amide bonds. The lowest BCUT2D eigenvalue weighted by Crippen LogP contribution is -2.40. The molecular formula is C20H29N5. The fourth-order valence-electron chi connectivity index (χ4n) is 4.55. The first-order valence-corrected chi connectivity index (χ1v) is 9.70. The Morgan fingerprint density at radius 3 is 2.72 bits per heavy atom. The number of hydrogen-bond donors (Lipinski definition) is 1. The van der Waals surface area contributed by atoms with E-state index >= 15 is 0 Å². The molecule has 5 heteroatoms. The van der Waals surface area contributed by atoms with E-state index in [-0.39, 0.29) is 0 Å². The maximum Gasteiger partial charge on any atom is 0.193 e. The zero-order valence-electron chi connectivity index (χ0n) is 15.2. The van der Waals surface area contributed by atoms with Crippen molar-refractivity contribution in [3.8, 4) is 0 Å². The standard InChI is InChI=1S/C20H29N5/c1-21-20(25-13-16-7-2-3-8-17(16)14-25)22-11-6-12-24-15-23-18-9-4-5-10-19(18)24/h4-5,9-10,15-17H,2-3,6-8,11-14H2,1H3,(H,21,22). The molecule has 2 fully saturated rings. The van der Waals surface area contributed by atoms with E-state index in [0.717, 1.165) is 42.8 Å². The summed E-state index contributed by atoms with van der Waals surface area (Å²) in [6, 6.07) is 8.33. The Kier molecular flexibility index (Phi) is 4.90. The minimum absolute atomic E-state index is 0.893. The van der Waals surface area contributed by atoms with Crippen LogP contribution < -0.4 is 5.32 Å². The lowest BCUT2D eigenvalue weighted by atomic mass is 9.82. The summed E-state index contributed by atoms with van der Waals surface area (Å²) in [4.78, 5) is 11.5. The van der Waals surface area contributed by atoms with Gasteiger partial charge in [-0.15, -0.1) is 0 Å². The molecule has 0 bridgehead atoms. The van der Waals surface area contributed by atoms with Gasteiger partial charge in [0.05, 0.1) is 17.4 Å². The second kappa shape index (κ2) is 7.46. The van der Waals surface area contributed by atoms with Crippen LogP contribution >= 0.6 is 0 Å². The number of hydrogen-bond acceptors (Lipinski definition) is 2. The zero-order chi connectivity index (χ0) is 17.1. The number of nitrogens with zero attached hydrogens (tertiary/aromatic N) is 4. The summed E-state index contributed by atoms with van der Waals surface area (Å²) >= 11 is 0. The van der Waals surface area contributed by atoms with Crippen molar-refractivity contribution in [2.24, 2.45) is 16.8 Å². The SMILES string of the molecule is CN=C(NCCCn1cnc2ccccc21)N1CC2CCCCC2C1. The number of fused-ring (bicyclic) bond motifs is 2. The van der Waals surface area contributed by atoms with Gasteiger partial charge in [0.15, 0.2) is 5.96 Å². The number of aliphatic imine (C=N–C) groups is 1. The number of para-hydroxylation sites is 2. The van der Waals surface area contributed by atoms with Gasteiger partial charge in [-0.25, -0.2) is 4.98 Å². The Morgan fingerprint density at radius 2 is 1.96 bits per heavy atom. The molecule has 2 unspecified atom stereocenters. The van der Waals surface area contributed by atoms with Crippen LogP contribution in [0.25, 0.3) is 11.0 Å². The predicted octanol–water partition coefficient (Wildman–Crippen LogP) is 3.12. The minimum Gasteiger partial charge on any atom is -0.356 e. The summed E-state index contributed by atoms with van der Waals surface area (Å²) in [7, 11) is 1.91. The summed E-state index contributed by atoms with van der Waals surface area (Å²) in [5.74, 6) is 2.87. The van der Waals surface area contributed by atoms with Gasteiger partial charge in [0.1, 0.15) is 0 Å². The first-order chi connectivity index (χ1) is 12.3. The molecule has 0 radical (unpaired) electrons. The molecule has 2 atom stereocenters. The molecule has 134 valence electrons. The highest BCUT2D eigenvalue weighted by Crippen LogP contribution is 2.35. The number of rotatable bonds is 4. The second-order valence-corrected chi connectivity index (χ2v) is 7.46. The monoisotopic (exact) mass is 339 g/mol. The van der Waals surface area contributed by atoms with E-state index in [1.54, 1.807) is 0 Å². The average Bonchev–Trinajstić information content (AvgIpc) is 3.26. The number of likely N-dealkylation sites (tertiary alicyclic amines) is 1. The van der Waals surface area contributed by atoms with Gasteiger partial charge in [0.2, 0.25) is 0 Å². The van der Waals surface area contributed by atoms with Crippen molar-refractivity contribution in [2.45, 2.75) is 38.6 Å². The van der Waals surface area contributed by atoms with E-state index in [2.05, 4.69) is 43.0 Å².